The van der Waals surface area contributed by atoms with Crippen LogP contribution in [-0.2, 0) is 14.3 Å². The summed E-state index contributed by atoms with van der Waals surface area (Å²) in [5.74, 6) is -0.402. The molecule has 0 unspecified atom stereocenters. The number of benzene rings is 1. The van der Waals surface area contributed by atoms with E-state index in [-0.39, 0.29) is 15.9 Å². The Morgan fingerprint density at radius 3 is 2.79 bits per heavy atom. The molecule has 1 N–H and O–H groups in total. The minimum atomic E-state index is -0.518. The van der Waals surface area contributed by atoms with E-state index < -0.39 is 10.8 Å². The summed E-state index contributed by atoms with van der Waals surface area (Å²) in [5, 5.41) is 13.2. The van der Waals surface area contributed by atoms with Gasteiger partial charge < -0.3 is 14.8 Å². The lowest BCUT2D eigenvalue weighted by molar-refractivity contribution is -0.385. The van der Waals surface area contributed by atoms with Crippen LogP contribution in [0.1, 0.15) is 0 Å². The number of carbonyl (C=O) groups excluding carboxylic acids is 1. The summed E-state index contributed by atoms with van der Waals surface area (Å²) in [6.07, 6.45) is 1.24. The van der Waals surface area contributed by atoms with Crippen molar-refractivity contribution in [3.63, 3.8) is 0 Å². The van der Waals surface area contributed by atoms with Crippen molar-refractivity contribution in [1.29, 1.82) is 0 Å². The molecule has 1 aromatic rings. The number of hydrogen-bond donors (Lipinski definition) is 1. The largest absolute Gasteiger partial charge is 0.494 e. The van der Waals surface area contributed by atoms with Crippen molar-refractivity contribution in [2.75, 3.05) is 18.5 Å². The number of halogens is 1. The number of nitrogens with one attached hydrogen (secondary N) is 1. The van der Waals surface area contributed by atoms with E-state index in [0.29, 0.717) is 18.9 Å². The highest BCUT2D eigenvalue weighted by molar-refractivity contribution is 9.10. The van der Waals surface area contributed by atoms with E-state index >= 15 is 0 Å². The highest BCUT2D eigenvalue weighted by Gasteiger charge is 2.17. The Balaban J connectivity index is 2.11. The Bertz CT molecular complexity index is 558. The third-order valence-electron chi connectivity index (χ3n) is 2.28. The molecule has 0 aromatic heterocycles. The van der Waals surface area contributed by atoms with Gasteiger partial charge in [-0.1, -0.05) is 0 Å². The molecule has 0 saturated heterocycles. The molecule has 0 spiro atoms. The molecule has 8 heteroatoms. The number of ether oxygens (including phenoxy) is 2. The highest BCUT2D eigenvalue weighted by Crippen LogP contribution is 2.27. The van der Waals surface area contributed by atoms with Gasteiger partial charge in [-0.2, -0.15) is 0 Å². The molecule has 0 saturated carbocycles. The Labute approximate surface area is 116 Å². The number of amides is 1. The molecule has 19 heavy (non-hydrogen) atoms. The van der Waals surface area contributed by atoms with E-state index in [4.69, 9.17) is 9.47 Å². The molecule has 1 aromatic carbocycles. The van der Waals surface area contributed by atoms with Crippen LogP contribution in [0, 0.1) is 10.1 Å². The predicted molar refractivity (Wildman–Crippen MR) is 69.4 cm³/mol. The van der Waals surface area contributed by atoms with Crippen LogP contribution in [-0.4, -0.2) is 24.0 Å². The third-order valence-corrected chi connectivity index (χ3v) is 2.91. The summed E-state index contributed by atoms with van der Waals surface area (Å²) >= 11 is 3.07. The van der Waals surface area contributed by atoms with Crippen molar-refractivity contribution < 1.29 is 19.2 Å². The third kappa shape index (κ3) is 3.22. The van der Waals surface area contributed by atoms with Gasteiger partial charge in [0.2, 0.25) is 5.76 Å². The molecule has 0 aliphatic carbocycles. The molecule has 1 amide bonds. The van der Waals surface area contributed by atoms with Crippen LogP contribution < -0.4 is 5.32 Å². The van der Waals surface area contributed by atoms with E-state index in [9.17, 15) is 14.9 Å². The maximum absolute atomic E-state index is 11.8. The molecular formula is C11H9BrN2O5. The maximum atomic E-state index is 11.8. The smallest absolute Gasteiger partial charge is 0.294 e. The highest BCUT2D eigenvalue weighted by atomic mass is 79.9. The monoisotopic (exact) mass is 328 g/mol. The summed E-state index contributed by atoms with van der Waals surface area (Å²) in [7, 11) is 0. The van der Waals surface area contributed by atoms with Crippen LogP contribution in [0.5, 0.6) is 0 Å². The SMILES string of the molecule is O=C(Nc1ccc([N+](=O)[O-])c(Br)c1)C1=COCCO1. The number of nitro groups is 1. The molecule has 1 aliphatic heterocycles. The van der Waals surface area contributed by atoms with Gasteiger partial charge in [0.1, 0.15) is 19.5 Å². The first-order chi connectivity index (χ1) is 9.08. The van der Waals surface area contributed by atoms with Crippen molar-refractivity contribution >= 4 is 33.2 Å². The van der Waals surface area contributed by atoms with Gasteiger partial charge in [0.05, 0.1) is 9.40 Å². The Kier molecular flexibility index (Phi) is 4.00. The predicted octanol–water partition coefficient (Wildman–Crippen LogP) is 2.18. The number of hydrogen-bond acceptors (Lipinski definition) is 5. The summed E-state index contributed by atoms with van der Waals surface area (Å²) in [4.78, 5) is 21.9. The van der Waals surface area contributed by atoms with E-state index in [0.717, 1.165) is 0 Å². The molecule has 0 bridgehead atoms. The van der Waals surface area contributed by atoms with Gasteiger partial charge in [0, 0.05) is 11.8 Å². The molecule has 1 aliphatic rings. The maximum Gasteiger partial charge on any atom is 0.294 e. The van der Waals surface area contributed by atoms with Crippen molar-refractivity contribution in [2.24, 2.45) is 0 Å². The zero-order chi connectivity index (χ0) is 13.8. The average molecular weight is 329 g/mol. The summed E-state index contributed by atoms with van der Waals surface area (Å²) in [6.45, 7) is 0.711. The van der Waals surface area contributed by atoms with Crippen molar-refractivity contribution in [2.45, 2.75) is 0 Å². The van der Waals surface area contributed by atoms with Gasteiger partial charge in [0.15, 0.2) is 0 Å². The molecule has 1 heterocycles. The minimum Gasteiger partial charge on any atom is -0.494 e. The number of nitro benzene ring substituents is 1. The second-order valence-electron chi connectivity index (χ2n) is 3.58. The van der Waals surface area contributed by atoms with Crippen LogP contribution in [0.15, 0.2) is 34.7 Å². The molecular weight excluding hydrogens is 320 g/mol. The fourth-order valence-electron chi connectivity index (χ4n) is 1.41. The normalized spacial score (nSPS) is 13.8. The Hall–Kier alpha value is -2.09. The number of rotatable bonds is 3. The minimum absolute atomic E-state index is 0.0701. The Morgan fingerprint density at radius 1 is 1.42 bits per heavy atom. The van der Waals surface area contributed by atoms with Crippen LogP contribution in [0.3, 0.4) is 0 Å². The summed E-state index contributed by atoms with van der Waals surface area (Å²) < 4.78 is 10.4. The first-order valence-corrected chi connectivity index (χ1v) is 6.07. The lowest BCUT2D eigenvalue weighted by atomic mass is 10.3. The van der Waals surface area contributed by atoms with Crippen LogP contribution in [0.25, 0.3) is 0 Å². The van der Waals surface area contributed by atoms with Gasteiger partial charge in [-0.25, -0.2) is 0 Å². The lowest BCUT2D eigenvalue weighted by Gasteiger charge is -2.15. The van der Waals surface area contributed by atoms with Crippen LogP contribution >= 0.6 is 15.9 Å². The summed E-state index contributed by atoms with van der Waals surface area (Å²) in [6, 6.07) is 4.18. The van der Waals surface area contributed by atoms with Crippen LogP contribution in [0.2, 0.25) is 0 Å². The van der Waals surface area contributed by atoms with Gasteiger partial charge in [-0.15, -0.1) is 0 Å². The summed E-state index contributed by atoms with van der Waals surface area (Å²) in [5.41, 5.74) is 0.340. The second-order valence-corrected chi connectivity index (χ2v) is 4.43. The zero-order valence-electron chi connectivity index (χ0n) is 9.59. The van der Waals surface area contributed by atoms with Crippen molar-refractivity contribution in [1.82, 2.24) is 0 Å². The fraction of sp³-hybridized carbons (Fsp3) is 0.182. The lowest BCUT2D eigenvalue weighted by Crippen LogP contribution is -2.21. The molecule has 2 rings (SSSR count). The second kappa shape index (κ2) is 5.70. The van der Waals surface area contributed by atoms with E-state index in [1.54, 1.807) is 0 Å². The van der Waals surface area contributed by atoms with E-state index in [2.05, 4.69) is 21.2 Å². The first-order valence-electron chi connectivity index (χ1n) is 5.28. The fourth-order valence-corrected chi connectivity index (χ4v) is 1.94. The quantitative estimate of drug-likeness (QED) is 0.678. The number of anilines is 1. The molecule has 7 nitrogen and oxygen atoms in total. The molecule has 0 fully saturated rings. The zero-order valence-corrected chi connectivity index (χ0v) is 11.2. The van der Waals surface area contributed by atoms with Gasteiger partial charge in [-0.3, -0.25) is 14.9 Å². The average Bonchev–Trinajstić information content (AvgIpc) is 2.39. The van der Waals surface area contributed by atoms with Crippen molar-refractivity contribution in [3.05, 3.63) is 44.8 Å². The first kappa shape index (κ1) is 13.3. The van der Waals surface area contributed by atoms with Gasteiger partial charge in [-0.05, 0) is 28.1 Å². The topological polar surface area (TPSA) is 90.7 Å². The Morgan fingerprint density at radius 2 is 2.21 bits per heavy atom. The number of nitrogens with zero attached hydrogens (tertiary/aromatic N) is 1. The van der Waals surface area contributed by atoms with Gasteiger partial charge >= 0.3 is 0 Å². The molecule has 0 radical (unpaired) electrons. The van der Waals surface area contributed by atoms with Crippen molar-refractivity contribution in [3.8, 4) is 0 Å². The van der Waals surface area contributed by atoms with E-state index in [1.807, 2.05) is 0 Å². The standard InChI is InChI=1S/C11H9BrN2O5/c12-8-5-7(1-2-9(8)14(16)17)13-11(15)10-6-18-3-4-19-10/h1-2,5-6H,3-4H2,(H,13,15). The van der Waals surface area contributed by atoms with E-state index in [1.165, 1.54) is 24.5 Å². The molecule has 100 valence electrons. The van der Waals surface area contributed by atoms with Gasteiger partial charge in [0.25, 0.3) is 11.6 Å². The van der Waals surface area contributed by atoms with Crippen LogP contribution in [0.4, 0.5) is 11.4 Å². The number of carbonyl (C=O) groups is 1. The molecule has 0 atom stereocenters.